The molecular formula is C13H16N2O. The average Bonchev–Trinajstić information content (AvgIpc) is 3.14. The van der Waals surface area contributed by atoms with Crippen LogP contribution < -0.4 is 4.90 Å². The predicted octanol–water partition coefficient (Wildman–Crippen LogP) is 2.17. The van der Waals surface area contributed by atoms with E-state index < -0.39 is 0 Å². The number of benzene rings is 1. The molecule has 3 nitrogen and oxygen atoms in total. The molecule has 1 aromatic carbocycles. The SMILES string of the molecule is COCCN(c1cccc(C#N)c1)C1CC1. The summed E-state index contributed by atoms with van der Waals surface area (Å²) in [6.45, 7) is 1.63. The highest BCUT2D eigenvalue weighted by Gasteiger charge is 2.28. The largest absolute Gasteiger partial charge is 0.383 e. The van der Waals surface area contributed by atoms with Gasteiger partial charge in [-0.3, -0.25) is 0 Å². The van der Waals surface area contributed by atoms with Gasteiger partial charge in [-0.05, 0) is 31.0 Å². The van der Waals surface area contributed by atoms with Crippen molar-refractivity contribution in [1.82, 2.24) is 0 Å². The standard InChI is InChI=1S/C13H16N2O/c1-16-8-7-15(12-5-6-12)13-4-2-3-11(9-13)10-14/h2-4,9,12H,5-8H2,1H3. The van der Waals surface area contributed by atoms with Crippen LogP contribution in [0.25, 0.3) is 0 Å². The van der Waals surface area contributed by atoms with Crippen LogP contribution in [-0.4, -0.2) is 26.3 Å². The predicted molar refractivity (Wildman–Crippen MR) is 63.4 cm³/mol. The fourth-order valence-electron chi connectivity index (χ4n) is 1.85. The molecule has 0 saturated heterocycles. The van der Waals surface area contributed by atoms with Gasteiger partial charge < -0.3 is 9.64 Å². The number of ether oxygens (including phenoxy) is 1. The average molecular weight is 216 g/mol. The topological polar surface area (TPSA) is 36.3 Å². The molecule has 0 radical (unpaired) electrons. The third-order valence-electron chi connectivity index (χ3n) is 2.83. The van der Waals surface area contributed by atoms with Gasteiger partial charge in [0.05, 0.1) is 18.2 Å². The molecule has 0 spiro atoms. The molecule has 0 N–H and O–H groups in total. The van der Waals surface area contributed by atoms with E-state index in [4.69, 9.17) is 10.00 Å². The van der Waals surface area contributed by atoms with Gasteiger partial charge in [0.2, 0.25) is 0 Å². The van der Waals surface area contributed by atoms with Crippen LogP contribution in [0.1, 0.15) is 18.4 Å². The Bertz CT molecular complexity index is 393. The zero-order valence-corrected chi connectivity index (χ0v) is 9.52. The van der Waals surface area contributed by atoms with Crippen molar-refractivity contribution in [3.8, 4) is 6.07 Å². The number of rotatable bonds is 5. The maximum absolute atomic E-state index is 8.88. The molecule has 16 heavy (non-hydrogen) atoms. The minimum absolute atomic E-state index is 0.643. The molecule has 1 aliphatic carbocycles. The Hall–Kier alpha value is -1.53. The third kappa shape index (κ3) is 2.53. The van der Waals surface area contributed by atoms with Crippen LogP contribution in [-0.2, 0) is 4.74 Å². The second-order valence-electron chi connectivity index (χ2n) is 4.08. The Balaban J connectivity index is 2.14. The molecule has 3 heteroatoms. The monoisotopic (exact) mass is 216 g/mol. The lowest BCUT2D eigenvalue weighted by Crippen LogP contribution is -2.29. The molecule has 1 aliphatic rings. The smallest absolute Gasteiger partial charge is 0.0992 e. The summed E-state index contributed by atoms with van der Waals surface area (Å²) in [6.07, 6.45) is 2.50. The first-order valence-electron chi connectivity index (χ1n) is 5.61. The quantitative estimate of drug-likeness (QED) is 0.756. The highest BCUT2D eigenvalue weighted by Crippen LogP contribution is 2.31. The maximum Gasteiger partial charge on any atom is 0.0992 e. The lowest BCUT2D eigenvalue weighted by molar-refractivity contribution is 0.205. The van der Waals surface area contributed by atoms with Gasteiger partial charge in [0.1, 0.15) is 0 Å². The van der Waals surface area contributed by atoms with E-state index in [2.05, 4.69) is 17.0 Å². The molecule has 0 aromatic heterocycles. The second kappa shape index (κ2) is 5.00. The number of methoxy groups -OCH3 is 1. The summed E-state index contributed by atoms with van der Waals surface area (Å²) in [5, 5.41) is 8.88. The van der Waals surface area contributed by atoms with E-state index in [0.717, 1.165) is 24.4 Å². The van der Waals surface area contributed by atoms with Crippen molar-refractivity contribution in [3.05, 3.63) is 29.8 Å². The van der Waals surface area contributed by atoms with E-state index in [1.807, 2.05) is 18.2 Å². The summed E-state index contributed by atoms with van der Waals surface area (Å²) < 4.78 is 5.12. The summed E-state index contributed by atoms with van der Waals surface area (Å²) in [5.74, 6) is 0. The minimum atomic E-state index is 0.643. The van der Waals surface area contributed by atoms with Gasteiger partial charge in [0, 0.05) is 25.4 Å². The summed E-state index contributed by atoms with van der Waals surface area (Å²) >= 11 is 0. The van der Waals surface area contributed by atoms with E-state index in [9.17, 15) is 0 Å². The van der Waals surface area contributed by atoms with Gasteiger partial charge in [-0.1, -0.05) is 6.07 Å². The first-order chi connectivity index (χ1) is 7.85. The molecule has 1 aromatic rings. The summed E-state index contributed by atoms with van der Waals surface area (Å²) in [5.41, 5.74) is 1.86. The lowest BCUT2D eigenvalue weighted by Gasteiger charge is -2.24. The molecule has 0 bridgehead atoms. The molecule has 1 fully saturated rings. The summed E-state index contributed by atoms with van der Waals surface area (Å²) in [4.78, 5) is 2.34. The number of hydrogen-bond acceptors (Lipinski definition) is 3. The molecular weight excluding hydrogens is 200 g/mol. The normalized spacial score (nSPS) is 14.5. The van der Waals surface area contributed by atoms with Crippen LogP contribution >= 0.6 is 0 Å². The highest BCUT2D eigenvalue weighted by atomic mass is 16.5. The molecule has 0 unspecified atom stereocenters. The van der Waals surface area contributed by atoms with Crippen molar-refractivity contribution in [2.75, 3.05) is 25.2 Å². The molecule has 2 rings (SSSR count). The van der Waals surface area contributed by atoms with E-state index in [0.29, 0.717) is 6.04 Å². The molecule has 0 aliphatic heterocycles. The van der Waals surface area contributed by atoms with Crippen molar-refractivity contribution in [3.63, 3.8) is 0 Å². The minimum Gasteiger partial charge on any atom is -0.383 e. The Morgan fingerprint density at radius 3 is 2.94 bits per heavy atom. The molecule has 0 atom stereocenters. The Kier molecular flexibility index (Phi) is 3.43. The van der Waals surface area contributed by atoms with Crippen molar-refractivity contribution >= 4 is 5.69 Å². The summed E-state index contributed by atoms with van der Waals surface area (Å²) in [7, 11) is 1.72. The number of nitrogens with zero attached hydrogens (tertiary/aromatic N) is 2. The first kappa shape index (κ1) is 11.0. The van der Waals surface area contributed by atoms with Gasteiger partial charge >= 0.3 is 0 Å². The molecule has 0 heterocycles. The van der Waals surface area contributed by atoms with E-state index in [1.165, 1.54) is 12.8 Å². The van der Waals surface area contributed by atoms with E-state index in [1.54, 1.807) is 7.11 Å². The molecule has 1 saturated carbocycles. The van der Waals surface area contributed by atoms with Crippen molar-refractivity contribution < 1.29 is 4.74 Å². The van der Waals surface area contributed by atoms with Crippen LogP contribution in [0.5, 0.6) is 0 Å². The molecule has 84 valence electrons. The van der Waals surface area contributed by atoms with Gasteiger partial charge in [-0.25, -0.2) is 0 Å². The van der Waals surface area contributed by atoms with Crippen LogP contribution in [0.3, 0.4) is 0 Å². The Morgan fingerprint density at radius 2 is 2.31 bits per heavy atom. The third-order valence-corrected chi connectivity index (χ3v) is 2.83. The first-order valence-corrected chi connectivity index (χ1v) is 5.61. The number of anilines is 1. The van der Waals surface area contributed by atoms with Gasteiger partial charge in [-0.15, -0.1) is 0 Å². The van der Waals surface area contributed by atoms with E-state index in [-0.39, 0.29) is 0 Å². The zero-order valence-electron chi connectivity index (χ0n) is 9.52. The number of hydrogen-bond donors (Lipinski definition) is 0. The maximum atomic E-state index is 8.88. The second-order valence-corrected chi connectivity index (χ2v) is 4.08. The Labute approximate surface area is 96.2 Å². The zero-order chi connectivity index (χ0) is 11.4. The van der Waals surface area contributed by atoms with Crippen LogP contribution in [0.2, 0.25) is 0 Å². The van der Waals surface area contributed by atoms with Crippen molar-refractivity contribution in [2.24, 2.45) is 0 Å². The van der Waals surface area contributed by atoms with Crippen LogP contribution in [0.15, 0.2) is 24.3 Å². The van der Waals surface area contributed by atoms with Crippen LogP contribution in [0, 0.1) is 11.3 Å². The highest BCUT2D eigenvalue weighted by molar-refractivity contribution is 5.53. The fourth-order valence-corrected chi connectivity index (χ4v) is 1.85. The lowest BCUT2D eigenvalue weighted by atomic mass is 10.2. The van der Waals surface area contributed by atoms with Gasteiger partial charge in [0.25, 0.3) is 0 Å². The Morgan fingerprint density at radius 1 is 1.50 bits per heavy atom. The van der Waals surface area contributed by atoms with Crippen LogP contribution in [0.4, 0.5) is 5.69 Å². The summed E-state index contributed by atoms with van der Waals surface area (Å²) in [6, 6.07) is 10.6. The molecule has 0 amide bonds. The van der Waals surface area contributed by atoms with Gasteiger partial charge in [0.15, 0.2) is 0 Å². The van der Waals surface area contributed by atoms with Gasteiger partial charge in [-0.2, -0.15) is 5.26 Å². The van der Waals surface area contributed by atoms with E-state index >= 15 is 0 Å². The number of nitriles is 1. The van der Waals surface area contributed by atoms with Crippen molar-refractivity contribution in [1.29, 1.82) is 5.26 Å². The fraction of sp³-hybridized carbons (Fsp3) is 0.462. The van der Waals surface area contributed by atoms with Crippen molar-refractivity contribution in [2.45, 2.75) is 18.9 Å².